The van der Waals surface area contributed by atoms with Gasteiger partial charge in [-0.3, -0.25) is 0 Å². The van der Waals surface area contributed by atoms with Crippen molar-refractivity contribution in [2.75, 3.05) is 6.54 Å². The molecule has 20 heavy (non-hydrogen) atoms. The Hall–Kier alpha value is -0.960. The highest BCUT2D eigenvalue weighted by atomic mass is 19.2. The summed E-state index contributed by atoms with van der Waals surface area (Å²) < 4.78 is 27.3. The fourth-order valence-electron chi connectivity index (χ4n) is 3.23. The molecule has 3 heteroatoms. The molecule has 0 unspecified atom stereocenters. The number of hydrogen-bond acceptors (Lipinski definition) is 1. The van der Waals surface area contributed by atoms with Crippen molar-refractivity contribution in [1.29, 1.82) is 0 Å². The molecule has 2 rings (SSSR count). The van der Waals surface area contributed by atoms with E-state index in [1.165, 1.54) is 25.3 Å². The second kappa shape index (κ2) is 6.66. The predicted octanol–water partition coefficient (Wildman–Crippen LogP) is 4.46. The Bertz CT molecular complexity index is 437. The highest BCUT2D eigenvalue weighted by molar-refractivity contribution is 5.21. The van der Waals surface area contributed by atoms with Crippen molar-refractivity contribution in [1.82, 2.24) is 5.32 Å². The van der Waals surface area contributed by atoms with Crippen LogP contribution in [0.5, 0.6) is 0 Å². The third-order valence-electron chi connectivity index (χ3n) is 4.40. The van der Waals surface area contributed by atoms with E-state index in [0.29, 0.717) is 18.0 Å². The Labute approximate surface area is 120 Å². The largest absolute Gasteiger partial charge is 0.314 e. The molecule has 0 bridgehead atoms. The van der Waals surface area contributed by atoms with Gasteiger partial charge in [-0.25, -0.2) is 8.78 Å². The first-order chi connectivity index (χ1) is 9.52. The van der Waals surface area contributed by atoms with Crippen LogP contribution in [-0.4, -0.2) is 12.6 Å². The van der Waals surface area contributed by atoms with Crippen LogP contribution in [0.15, 0.2) is 18.2 Å². The minimum absolute atomic E-state index is 0.0805. The number of hydrogen-bond donors (Lipinski definition) is 1. The van der Waals surface area contributed by atoms with Gasteiger partial charge in [-0.05, 0) is 36.3 Å². The minimum Gasteiger partial charge on any atom is -0.314 e. The molecule has 0 saturated heterocycles. The van der Waals surface area contributed by atoms with E-state index in [-0.39, 0.29) is 5.41 Å². The van der Waals surface area contributed by atoms with Crippen LogP contribution in [0.1, 0.15) is 51.5 Å². The molecule has 1 aliphatic carbocycles. The third-order valence-corrected chi connectivity index (χ3v) is 4.40. The second-order valence-electron chi connectivity index (χ2n) is 6.49. The summed E-state index contributed by atoms with van der Waals surface area (Å²) in [5.74, 6) is -1.40. The highest BCUT2D eigenvalue weighted by Crippen LogP contribution is 2.39. The Balaban J connectivity index is 2.16. The van der Waals surface area contributed by atoms with Crippen LogP contribution < -0.4 is 5.32 Å². The lowest BCUT2D eigenvalue weighted by Crippen LogP contribution is -2.40. The SMILES string of the molecule is CC(C)NCC1(Cc2cccc(F)c2F)CCCCC1. The highest BCUT2D eigenvalue weighted by Gasteiger charge is 2.33. The van der Waals surface area contributed by atoms with Crippen molar-refractivity contribution in [3.63, 3.8) is 0 Å². The molecule has 1 aromatic rings. The van der Waals surface area contributed by atoms with Crippen LogP contribution in [0.2, 0.25) is 0 Å². The average Bonchev–Trinajstić information content (AvgIpc) is 2.43. The standard InChI is InChI=1S/C17H25F2N/c1-13(2)20-12-17(9-4-3-5-10-17)11-14-7-6-8-15(18)16(14)19/h6-8,13,20H,3-5,9-12H2,1-2H3. The molecule has 1 aliphatic rings. The summed E-state index contributed by atoms with van der Waals surface area (Å²) in [6.07, 6.45) is 6.48. The topological polar surface area (TPSA) is 12.0 Å². The van der Waals surface area contributed by atoms with Crippen LogP contribution in [0.25, 0.3) is 0 Å². The molecule has 0 aliphatic heterocycles. The van der Waals surface area contributed by atoms with Crippen molar-refractivity contribution in [3.05, 3.63) is 35.4 Å². The molecule has 0 radical (unpaired) electrons. The van der Waals surface area contributed by atoms with E-state index < -0.39 is 11.6 Å². The summed E-state index contributed by atoms with van der Waals surface area (Å²) in [4.78, 5) is 0. The lowest BCUT2D eigenvalue weighted by molar-refractivity contribution is 0.174. The van der Waals surface area contributed by atoms with Crippen LogP contribution in [0.4, 0.5) is 8.78 Å². The lowest BCUT2D eigenvalue weighted by atomic mass is 9.70. The Morgan fingerprint density at radius 3 is 2.50 bits per heavy atom. The summed E-state index contributed by atoms with van der Waals surface area (Å²) in [5, 5.41) is 3.49. The number of rotatable bonds is 5. The van der Waals surface area contributed by atoms with Gasteiger partial charge in [0.2, 0.25) is 0 Å². The fraction of sp³-hybridized carbons (Fsp3) is 0.647. The summed E-state index contributed by atoms with van der Waals surface area (Å²) >= 11 is 0. The maximum atomic E-state index is 13.9. The van der Waals surface area contributed by atoms with Crippen molar-refractivity contribution >= 4 is 0 Å². The molecule has 0 heterocycles. The van der Waals surface area contributed by atoms with Gasteiger partial charge in [0.05, 0.1) is 0 Å². The normalized spacial score (nSPS) is 18.4. The fourth-order valence-corrected chi connectivity index (χ4v) is 3.23. The van der Waals surface area contributed by atoms with E-state index in [9.17, 15) is 8.78 Å². The smallest absolute Gasteiger partial charge is 0.162 e. The zero-order chi connectivity index (χ0) is 14.6. The number of nitrogens with one attached hydrogen (secondary N) is 1. The van der Waals surface area contributed by atoms with Crippen molar-refractivity contribution in [2.24, 2.45) is 5.41 Å². The Morgan fingerprint density at radius 2 is 1.85 bits per heavy atom. The molecule has 1 fully saturated rings. The Morgan fingerprint density at radius 1 is 1.15 bits per heavy atom. The molecule has 1 saturated carbocycles. The van der Waals surface area contributed by atoms with Gasteiger partial charge in [0.15, 0.2) is 11.6 Å². The minimum atomic E-state index is -0.731. The quantitative estimate of drug-likeness (QED) is 0.840. The third kappa shape index (κ3) is 3.78. The van der Waals surface area contributed by atoms with Gasteiger partial charge in [-0.1, -0.05) is 45.2 Å². The first-order valence-corrected chi connectivity index (χ1v) is 7.69. The molecule has 1 aromatic carbocycles. The molecule has 112 valence electrons. The lowest BCUT2D eigenvalue weighted by Gasteiger charge is -2.38. The van der Waals surface area contributed by atoms with E-state index >= 15 is 0 Å². The zero-order valence-corrected chi connectivity index (χ0v) is 12.5. The Kier molecular flexibility index (Phi) is 5.14. The van der Waals surface area contributed by atoms with Gasteiger partial charge in [0, 0.05) is 12.6 Å². The number of halogens is 2. The van der Waals surface area contributed by atoms with E-state index in [1.807, 2.05) is 0 Å². The van der Waals surface area contributed by atoms with Crippen molar-refractivity contribution < 1.29 is 8.78 Å². The summed E-state index contributed by atoms with van der Waals surface area (Å²) in [7, 11) is 0. The van der Waals surface area contributed by atoms with Crippen LogP contribution in [0, 0.1) is 17.0 Å². The summed E-state index contributed by atoms with van der Waals surface area (Å²) in [6.45, 7) is 5.14. The predicted molar refractivity (Wildman–Crippen MR) is 78.7 cm³/mol. The van der Waals surface area contributed by atoms with Crippen molar-refractivity contribution in [2.45, 2.75) is 58.4 Å². The van der Waals surface area contributed by atoms with Gasteiger partial charge in [-0.15, -0.1) is 0 Å². The molecular weight excluding hydrogens is 256 g/mol. The first kappa shape index (κ1) is 15.4. The van der Waals surface area contributed by atoms with Crippen LogP contribution in [-0.2, 0) is 6.42 Å². The van der Waals surface area contributed by atoms with E-state index in [2.05, 4.69) is 19.2 Å². The molecule has 0 atom stereocenters. The molecular formula is C17H25F2N. The molecule has 0 aromatic heterocycles. The maximum absolute atomic E-state index is 13.9. The molecule has 0 amide bonds. The molecule has 1 nitrogen and oxygen atoms in total. The molecule has 0 spiro atoms. The van der Waals surface area contributed by atoms with E-state index in [0.717, 1.165) is 19.4 Å². The van der Waals surface area contributed by atoms with Crippen LogP contribution >= 0.6 is 0 Å². The van der Waals surface area contributed by atoms with Gasteiger partial charge < -0.3 is 5.32 Å². The molecule has 1 N–H and O–H groups in total. The van der Waals surface area contributed by atoms with Crippen molar-refractivity contribution in [3.8, 4) is 0 Å². The monoisotopic (exact) mass is 281 g/mol. The number of benzene rings is 1. The van der Waals surface area contributed by atoms with E-state index in [4.69, 9.17) is 0 Å². The average molecular weight is 281 g/mol. The van der Waals surface area contributed by atoms with E-state index in [1.54, 1.807) is 12.1 Å². The van der Waals surface area contributed by atoms with Crippen LogP contribution in [0.3, 0.4) is 0 Å². The van der Waals surface area contributed by atoms with Gasteiger partial charge in [-0.2, -0.15) is 0 Å². The van der Waals surface area contributed by atoms with Gasteiger partial charge in [0.1, 0.15) is 0 Å². The van der Waals surface area contributed by atoms with Gasteiger partial charge in [0.25, 0.3) is 0 Å². The first-order valence-electron chi connectivity index (χ1n) is 7.69. The second-order valence-corrected chi connectivity index (χ2v) is 6.49. The maximum Gasteiger partial charge on any atom is 0.162 e. The van der Waals surface area contributed by atoms with Gasteiger partial charge >= 0.3 is 0 Å². The summed E-state index contributed by atoms with van der Waals surface area (Å²) in [5.41, 5.74) is 0.606. The summed E-state index contributed by atoms with van der Waals surface area (Å²) in [6, 6.07) is 4.95. The zero-order valence-electron chi connectivity index (χ0n) is 12.5.